The van der Waals surface area contributed by atoms with Crippen LogP contribution >= 0.6 is 11.6 Å². The fourth-order valence-electron chi connectivity index (χ4n) is 2.10. The van der Waals surface area contributed by atoms with E-state index in [0.717, 1.165) is 12.1 Å². The van der Waals surface area contributed by atoms with Crippen molar-refractivity contribution in [2.24, 2.45) is 0 Å². The van der Waals surface area contributed by atoms with E-state index in [4.69, 9.17) is 21.2 Å². The van der Waals surface area contributed by atoms with Gasteiger partial charge in [0.15, 0.2) is 5.60 Å². The second kappa shape index (κ2) is 6.05. The highest BCUT2D eigenvalue weighted by atomic mass is 35.5. The molecule has 1 saturated heterocycles. The molecule has 1 fully saturated rings. The van der Waals surface area contributed by atoms with Crippen LogP contribution in [0.15, 0.2) is 12.1 Å². The number of hydroxylamine groups is 1. The number of ether oxygens (including phenoxy) is 1. The van der Waals surface area contributed by atoms with Gasteiger partial charge in [0.2, 0.25) is 5.82 Å². The number of carbonyl (C=O) groups is 1. The summed E-state index contributed by atoms with van der Waals surface area (Å²) in [6, 6.07) is 1.83. The first-order valence-electron chi connectivity index (χ1n) is 6.56. The zero-order valence-electron chi connectivity index (χ0n) is 12.0. The van der Waals surface area contributed by atoms with Crippen LogP contribution < -0.4 is 5.06 Å². The van der Waals surface area contributed by atoms with Gasteiger partial charge in [-0.2, -0.15) is 4.39 Å². The topological polar surface area (TPSA) is 81.9 Å². The van der Waals surface area contributed by atoms with E-state index < -0.39 is 28.0 Å². The molecule has 0 aromatic heterocycles. The number of nitro groups is 1. The van der Waals surface area contributed by atoms with E-state index in [1.165, 1.54) is 5.06 Å². The van der Waals surface area contributed by atoms with Crippen molar-refractivity contribution in [3.05, 3.63) is 33.1 Å². The number of benzene rings is 1. The van der Waals surface area contributed by atoms with Gasteiger partial charge in [-0.3, -0.25) is 20.0 Å². The molecule has 22 heavy (non-hydrogen) atoms. The molecule has 1 aromatic carbocycles. The van der Waals surface area contributed by atoms with Gasteiger partial charge in [0, 0.05) is 25.1 Å². The van der Waals surface area contributed by atoms with Crippen molar-refractivity contribution >= 4 is 28.9 Å². The molecular weight excluding hydrogens is 319 g/mol. The molecule has 120 valence electrons. The number of rotatable bonds is 4. The van der Waals surface area contributed by atoms with Crippen LogP contribution in [0.3, 0.4) is 0 Å². The molecule has 0 radical (unpaired) electrons. The van der Waals surface area contributed by atoms with Crippen molar-refractivity contribution in [2.75, 3.05) is 18.2 Å². The first kappa shape index (κ1) is 16.4. The molecule has 0 spiro atoms. The number of nitrogens with zero attached hydrogens (tertiary/aromatic N) is 2. The van der Waals surface area contributed by atoms with Gasteiger partial charge in [-0.15, -0.1) is 0 Å². The normalized spacial score (nSPS) is 21.0. The lowest BCUT2D eigenvalue weighted by Gasteiger charge is -2.24. The Morgan fingerprint density at radius 1 is 1.64 bits per heavy atom. The number of hydrogen-bond donors (Lipinski definition) is 0. The average molecular weight is 333 g/mol. The Bertz CT molecular complexity index is 627. The van der Waals surface area contributed by atoms with E-state index in [1.807, 2.05) is 0 Å². The molecule has 1 atom stereocenters. The third-order valence-corrected chi connectivity index (χ3v) is 3.60. The van der Waals surface area contributed by atoms with E-state index in [-0.39, 0.29) is 23.9 Å². The van der Waals surface area contributed by atoms with Crippen molar-refractivity contribution < 1.29 is 23.7 Å². The van der Waals surface area contributed by atoms with Crippen LogP contribution in [0.1, 0.15) is 20.3 Å². The summed E-state index contributed by atoms with van der Waals surface area (Å²) in [6.45, 7) is 3.70. The van der Waals surface area contributed by atoms with Crippen molar-refractivity contribution in [3.8, 4) is 0 Å². The molecule has 2 rings (SSSR count). The molecule has 1 aromatic rings. The van der Waals surface area contributed by atoms with Crippen LogP contribution in [0.25, 0.3) is 0 Å². The van der Waals surface area contributed by atoms with Crippen molar-refractivity contribution in [1.82, 2.24) is 0 Å². The maximum Gasteiger partial charge on any atom is 0.340 e. The highest BCUT2D eigenvalue weighted by Crippen LogP contribution is 2.38. The number of hydrogen-bond acceptors (Lipinski definition) is 6. The van der Waals surface area contributed by atoms with Crippen molar-refractivity contribution in [1.29, 1.82) is 0 Å². The predicted octanol–water partition coefficient (Wildman–Crippen LogP) is 2.85. The minimum absolute atomic E-state index is 0.0452. The SMILES string of the molecule is CCOC(=O)C1(C)CCN(c2cc([N+](=O)[O-])c(F)cc2Cl)O1. The summed E-state index contributed by atoms with van der Waals surface area (Å²) in [5.41, 5.74) is -1.79. The fraction of sp³-hybridized carbons (Fsp3) is 0.462. The first-order chi connectivity index (χ1) is 10.3. The van der Waals surface area contributed by atoms with E-state index in [9.17, 15) is 19.3 Å². The smallest absolute Gasteiger partial charge is 0.340 e. The minimum Gasteiger partial charge on any atom is -0.464 e. The summed E-state index contributed by atoms with van der Waals surface area (Å²) in [6.07, 6.45) is 0.313. The molecule has 0 aliphatic carbocycles. The van der Waals surface area contributed by atoms with Crippen LogP contribution in [0.4, 0.5) is 15.8 Å². The Kier molecular flexibility index (Phi) is 4.52. The van der Waals surface area contributed by atoms with Crippen molar-refractivity contribution in [3.63, 3.8) is 0 Å². The highest BCUT2D eigenvalue weighted by Gasteiger charge is 2.44. The average Bonchev–Trinajstić information content (AvgIpc) is 2.82. The Morgan fingerprint density at radius 2 is 2.32 bits per heavy atom. The Morgan fingerprint density at radius 3 is 2.91 bits per heavy atom. The van der Waals surface area contributed by atoms with Gasteiger partial charge >= 0.3 is 11.7 Å². The van der Waals surface area contributed by atoms with E-state index in [2.05, 4.69) is 0 Å². The summed E-state index contributed by atoms with van der Waals surface area (Å²) in [5, 5.41) is 12.0. The van der Waals surface area contributed by atoms with Crippen LogP contribution in [0.5, 0.6) is 0 Å². The summed E-state index contributed by atoms with van der Waals surface area (Å²) >= 11 is 5.92. The van der Waals surface area contributed by atoms with Gasteiger partial charge in [-0.25, -0.2) is 4.79 Å². The largest absolute Gasteiger partial charge is 0.464 e. The van der Waals surface area contributed by atoms with Gasteiger partial charge < -0.3 is 4.74 Å². The fourth-order valence-corrected chi connectivity index (χ4v) is 2.34. The summed E-state index contributed by atoms with van der Waals surface area (Å²) in [7, 11) is 0. The Labute approximate surface area is 130 Å². The predicted molar refractivity (Wildman–Crippen MR) is 76.2 cm³/mol. The zero-order valence-corrected chi connectivity index (χ0v) is 12.7. The number of carbonyl (C=O) groups excluding carboxylic acids is 1. The molecule has 0 saturated carbocycles. The molecule has 7 nitrogen and oxygen atoms in total. The monoisotopic (exact) mass is 332 g/mol. The second-order valence-corrected chi connectivity index (χ2v) is 5.31. The summed E-state index contributed by atoms with van der Waals surface area (Å²) < 4.78 is 18.4. The Hall–Kier alpha value is -1.93. The van der Waals surface area contributed by atoms with E-state index in [0.29, 0.717) is 6.42 Å². The van der Waals surface area contributed by atoms with Gasteiger partial charge in [0.05, 0.1) is 22.2 Å². The van der Waals surface area contributed by atoms with Crippen LogP contribution in [0, 0.1) is 15.9 Å². The second-order valence-electron chi connectivity index (χ2n) is 4.91. The van der Waals surface area contributed by atoms with Crippen molar-refractivity contribution in [2.45, 2.75) is 25.9 Å². The Balaban J connectivity index is 2.29. The lowest BCUT2D eigenvalue weighted by molar-refractivity contribution is -0.387. The number of anilines is 1. The van der Waals surface area contributed by atoms with Crippen LogP contribution in [-0.4, -0.2) is 29.6 Å². The molecule has 0 N–H and O–H groups in total. The zero-order chi connectivity index (χ0) is 16.5. The lowest BCUT2D eigenvalue weighted by Crippen LogP contribution is -2.38. The molecule has 1 unspecified atom stereocenters. The van der Waals surface area contributed by atoms with Gasteiger partial charge in [0.25, 0.3) is 0 Å². The number of nitro benzene ring substituents is 1. The molecule has 0 amide bonds. The third-order valence-electron chi connectivity index (χ3n) is 3.29. The lowest BCUT2D eigenvalue weighted by atomic mass is 10.0. The van der Waals surface area contributed by atoms with Crippen LogP contribution in [-0.2, 0) is 14.4 Å². The first-order valence-corrected chi connectivity index (χ1v) is 6.93. The molecule has 1 heterocycles. The molecular formula is C13H14ClFN2O5. The van der Waals surface area contributed by atoms with Gasteiger partial charge in [-0.1, -0.05) is 11.6 Å². The van der Waals surface area contributed by atoms with Crippen LogP contribution in [0.2, 0.25) is 5.02 Å². The third kappa shape index (κ3) is 2.97. The van der Waals surface area contributed by atoms with Gasteiger partial charge in [-0.05, 0) is 13.8 Å². The quantitative estimate of drug-likeness (QED) is 0.479. The molecule has 1 aliphatic rings. The highest BCUT2D eigenvalue weighted by molar-refractivity contribution is 6.33. The standard InChI is InChI=1S/C13H14ClFN2O5/c1-3-21-12(18)13(2)4-5-16(22-13)10-7-11(17(19)20)9(15)6-8(10)14/h6-7H,3-5H2,1-2H3. The number of halogens is 2. The summed E-state index contributed by atoms with van der Waals surface area (Å²) in [4.78, 5) is 27.4. The maximum atomic E-state index is 13.5. The molecule has 9 heteroatoms. The van der Waals surface area contributed by atoms with E-state index >= 15 is 0 Å². The summed E-state index contributed by atoms with van der Waals surface area (Å²) in [5.74, 6) is -1.57. The van der Waals surface area contributed by atoms with E-state index in [1.54, 1.807) is 13.8 Å². The van der Waals surface area contributed by atoms with Gasteiger partial charge in [0.1, 0.15) is 0 Å². The number of esters is 1. The molecule has 1 aliphatic heterocycles. The minimum atomic E-state index is -1.21. The maximum absolute atomic E-state index is 13.5. The molecule has 0 bridgehead atoms.